The SMILES string of the molecule is COc1ccc(CN2C(=O)[C@@H](C)S/C2=N\N=C/c2cccs2)cc1. The Morgan fingerprint density at radius 3 is 2.75 bits per heavy atom. The molecule has 124 valence electrons. The molecule has 1 aromatic carbocycles. The van der Waals surface area contributed by atoms with Gasteiger partial charge in [0.1, 0.15) is 5.75 Å². The van der Waals surface area contributed by atoms with Gasteiger partial charge in [0.25, 0.3) is 0 Å². The highest BCUT2D eigenvalue weighted by Gasteiger charge is 2.35. The molecular weight excluding hydrogens is 342 g/mol. The summed E-state index contributed by atoms with van der Waals surface area (Å²) < 4.78 is 5.16. The predicted octanol–water partition coefficient (Wildman–Crippen LogP) is 3.61. The summed E-state index contributed by atoms with van der Waals surface area (Å²) >= 11 is 3.03. The van der Waals surface area contributed by atoms with Gasteiger partial charge in [0.15, 0.2) is 5.17 Å². The van der Waals surface area contributed by atoms with E-state index in [1.165, 1.54) is 11.8 Å². The van der Waals surface area contributed by atoms with E-state index >= 15 is 0 Å². The summed E-state index contributed by atoms with van der Waals surface area (Å²) in [6.07, 6.45) is 1.71. The predicted molar refractivity (Wildman–Crippen MR) is 99.9 cm³/mol. The maximum atomic E-state index is 12.4. The number of thioether (sulfide) groups is 1. The van der Waals surface area contributed by atoms with Crippen molar-refractivity contribution in [2.45, 2.75) is 18.7 Å². The molecule has 3 rings (SSSR count). The first-order chi connectivity index (χ1) is 11.7. The topological polar surface area (TPSA) is 54.3 Å². The molecule has 0 aliphatic carbocycles. The van der Waals surface area contributed by atoms with Gasteiger partial charge in [-0.05, 0) is 36.1 Å². The van der Waals surface area contributed by atoms with E-state index in [0.29, 0.717) is 11.7 Å². The lowest BCUT2D eigenvalue weighted by Gasteiger charge is -2.15. The highest BCUT2D eigenvalue weighted by Crippen LogP contribution is 2.28. The summed E-state index contributed by atoms with van der Waals surface area (Å²) in [6.45, 7) is 2.37. The molecule has 0 saturated carbocycles. The number of benzene rings is 1. The van der Waals surface area contributed by atoms with Crippen molar-refractivity contribution in [2.75, 3.05) is 7.11 Å². The molecule has 1 saturated heterocycles. The van der Waals surface area contributed by atoms with Gasteiger partial charge in [0, 0.05) is 4.88 Å². The molecule has 5 nitrogen and oxygen atoms in total. The first-order valence-corrected chi connectivity index (χ1v) is 9.19. The zero-order valence-electron chi connectivity index (χ0n) is 13.4. The van der Waals surface area contributed by atoms with Crippen molar-refractivity contribution in [3.05, 3.63) is 52.2 Å². The second-order valence-electron chi connectivity index (χ2n) is 5.18. The lowest BCUT2D eigenvalue weighted by atomic mass is 10.2. The Hall–Kier alpha value is -2.12. The quantitative estimate of drug-likeness (QED) is 0.605. The molecule has 24 heavy (non-hydrogen) atoms. The second-order valence-corrected chi connectivity index (χ2v) is 7.46. The molecule has 7 heteroatoms. The van der Waals surface area contributed by atoms with E-state index in [9.17, 15) is 4.79 Å². The number of rotatable bonds is 5. The van der Waals surface area contributed by atoms with Crippen LogP contribution in [0.3, 0.4) is 0 Å². The van der Waals surface area contributed by atoms with Gasteiger partial charge in [-0.2, -0.15) is 5.10 Å². The van der Waals surface area contributed by atoms with Gasteiger partial charge >= 0.3 is 0 Å². The molecule has 0 radical (unpaired) electrons. The third-order valence-corrected chi connectivity index (χ3v) is 5.37. The molecule has 0 bridgehead atoms. The lowest BCUT2D eigenvalue weighted by Crippen LogP contribution is -2.30. The zero-order chi connectivity index (χ0) is 16.9. The first kappa shape index (κ1) is 16.7. The van der Waals surface area contributed by atoms with Crippen LogP contribution in [0.4, 0.5) is 0 Å². The molecule has 1 aromatic heterocycles. The smallest absolute Gasteiger partial charge is 0.242 e. The number of ether oxygens (including phenoxy) is 1. The fourth-order valence-electron chi connectivity index (χ4n) is 2.22. The van der Waals surface area contributed by atoms with Gasteiger partial charge in [-0.1, -0.05) is 30.0 Å². The average Bonchev–Trinajstić information content (AvgIpc) is 3.20. The van der Waals surface area contributed by atoms with E-state index < -0.39 is 0 Å². The third-order valence-electron chi connectivity index (χ3n) is 3.50. The number of methoxy groups -OCH3 is 1. The molecule has 1 amide bonds. The maximum Gasteiger partial charge on any atom is 0.242 e. The van der Waals surface area contributed by atoms with E-state index in [1.807, 2.05) is 48.7 Å². The van der Waals surface area contributed by atoms with Crippen LogP contribution >= 0.6 is 23.1 Å². The van der Waals surface area contributed by atoms with E-state index in [-0.39, 0.29) is 11.2 Å². The van der Waals surface area contributed by atoms with Gasteiger partial charge < -0.3 is 4.74 Å². The third kappa shape index (κ3) is 3.85. The maximum absolute atomic E-state index is 12.4. The van der Waals surface area contributed by atoms with Crippen molar-refractivity contribution in [1.29, 1.82) is 0 Å². The van der Waals surface area contributed by atoms with Crippen LogP contribution in [-0.2, 0) is 11.3 Å². The number of nitrogens with zero attached hydrogens (tertiary/aromatic N) is 3. The number of carbonyl (C=O) groups excluding carboxylic acids is 1. The van der Waals surface area contributed by atoms with Gasteiger partial charge in [0.2, 0.25) is 5.91 Å². The van der Waals surface area contributed by atoms with Crippen LogP contribution < -0.4 is 4.74 Å². The summed E-state index contributed by atoms with van der Waals surface area (Å²) in [5, 5.41) is 10.9. The molecule has 0 N–H and O–H groups in total. The lowest BCUT2D eigenvalue weighted by molar-refractivity contribution is -0.126. The Bertz CT molecular complexity index is 755. The van der Waals surface area contributed by atoms with Crippen molar-refractivity contribution in [3.8, 4) is 5.75 Å². The number of hydrogen-bond donors (Lipinski definition) is 0. The summed E-state index contributed by atoms with van der Waals surface area (Å²) in [5.41, 5.74) is 1.02. The van der Waals surface area contributed by atoms with Crippen molar-refractivity contribution in [1.82, 2.24) is 4.90 Å². The molecule has 1 fully saturated rings. The fraction of sp³-hybridized carbons (Fsp3) is 0.235. The Labute approximate surface area is 149 Å². The van der Waals surface area contributed by atoms with Gasteiger partial charge in [0.05, 0.1) is 25.1 Å². The number of carbonyl (C=O) groups is 1. The summed E-state index contributed by atoms with van der Waals surface area (Å²) in [4.78, 5) is 15.1. The minimum atomic E-state index is -0.140. The van der Waals surface area contributed by atoms with E-state index in [0.717, 1.165) is 16.2 Å². The number of amidine groups is 1. The Morgan fingerprint density at radius 2 is 2.08 bits per heavy atom. The monoisotopic (exact) mass is 359 g/mol. The zero-order valence-corrected chi connectivity index (χ0v) is 15.0. The van der Waals surface area contributed by atoms with Crippen LogP contribution in [0.5, 0.6) is 5.75 Å². The highest BCUT2D eigenvalue weighted by molar-refractivity contribution is 8.15. The molecule has 0 unspecified atom stereocenters. The Kier molecular flexibility index (Phi) is 5.32. The van der Waals surface area contributed by atoms with Gasteiger partial charge in [-0.15, -0.1) is 16.4 Å². The van der Waals surface area contributed by atoms with Crippen molar-refractivity contribution >= 4 is 40.4 Å². The highest BCUT2D eigenvalue weighted by atomic mass is 32.2. The molecule has 1 aliphatic rings. The molecule has 2 heterocycles. The van der Waals surface area contributed by atoms with Crippen LogP contribution in [0.25, 0.3) is 0 Å². The average molecular weight is 359 g/mol. The van der Waals surface area contributed by atoms with Crippen LogP contribution in [-0.4, -0.2) is 34.5 Å². The summed E-state index contributed by atoms with van der Waals surface area (Å²) in [5.74, 6) is 0.851. The summed E-state index contributed by atoms with van der Waals surface area (Å²) in [6, 6.07) is 11.6. The Balaban J connectivity index is 1.75. The van der Waals surface area contributed by atoms with Gasteiger partial charge in [-0.3, -0.25) is 9.69 Å². The van der Waals surface area contributed by atoms with Crippen LogP contribution in [0.2, 0.25) is 0 Å². The van der Waals surface area contributed by atoms with Crippen molar-refractivity contribution in [2.24, 2.45) is 10.2 Å². The van der Waals surface area contributed by atoms with Crippen molar-refractivity contribution < 1.29 is 9.53 Å². The first-order valence-electron chi connectivity index (χ1n) is 7.43. The van der Waals surface area contributed by atoms with Crippen LogP contribution in [0.1, 0.15) is 17.4 Å². The largest absolute Gasteiger partial charge is 0.497 e. The van der Waals surface area contributed by atoms with E-state index in [1.54, 1.807) is 29.6 Å². The van der Waals surface area contributed by atoms with Crippen molar-refractivity contribution in [3.63, 3.8) is 0 Å². The molecule has 1 aliphatic heterocycles. The van der Waals surface area contributed by atoms with E-state index in [4.69, 9.17) is 4.74 Å². The minimum absolute atomic E-state index is 0.0564. The van der Waals surface area contributed by atoms with Crippen LogP contribution in [0, 0.1) is 0 Å². The van der Waals surface area contributed by atoms with E-state index in [2.05, 4.69) is 10.2 Å². The molecule has 1 atom stereocenters. The Morgan fingerprint density at radius 1 is 1.29 bits per heavy atom. The normalized spacial score (nSPS) is 19.6. The minimum Gasteiger partial charge on any atom is -0.497 e. The standard InChI is InChI=1S/C17H17N3O2S2/c1-12-16(21)20(11-13-5-7-14(22-2)8-6-13)17(24-12)19-18-10-15-4-3-9-23-15/h3-10,12H,11H2,1-2H3/b18-10-,19-17-/t12-/m1/s1. The van der Waals surface area contributed by atoms with Crippen LogP contribution in [0.15, 0.2) is 52.0 Å². The second kappa shape index (κ2) is 7.63. The molecule has 2 aromatic rings. The summed E-state index contributed by atoms with van der Waals surface area (Å²) in [7, 11) is 1.63. The fourth-order valence-corrected chi connectivity index (χ4v) is 3.72. The molecule has 0 spiro atoms. The molecular formula is C17H17N3O2S2. The number of thiophene rings is 1. The number of amides is 1. The number of hydrogen-bond acceptors (Lipinski definition) is 6. The van der Waals surface area contributed by atoms with Gasteiger partial charge in [-0.25, -0.2) is 0 Å².